The van der Waals surface area contributed by atoms with Gasteiger partial charge in [-0.1, -0.05) is 51.0 Å². The lowest BCUT2D eigenvalue weighted by molar-refractivity contribution is 0.183. The first kappa shape index (κ1) is 26.6. The zero-order chi connectivity index (χ0) is 23.3. The highest BCUT2D eigenvalue weighted by atomic mass is 16.5. The predicted octanol–water partition coefficient (Wildman–Crippen LogP) is 5.40. The quantitative estimate of drug-likeness (QED) is 0.249. The molecule has 1 aromatic carbocycles. The number of ether oxygens (including phenoxy) is 2. The fourth-order valence-electron chi connectivity index (χ4n) is 2.88. The second kappa shape index (κ2) is 13.8. The van der Waals surface area contributed by atoms with E-state index in [1.807, 2.05) is 52.0 Å². The van der Waals surface area contributed by atoms with Crippen LogP contribution in [-0.4, -0.2) is 31.2 Å². The molecule has 0 fully saturated rings. The van der Waals surface area contributed by atoms with Crippen LogP contribution < -0.4 is 11.1 Å². The van der Waals surface area contributed by atoms with E-state index in [-0.39, 0.29) is 11.6 Å². The molecule has 0 aliphatic carbocycles. The molecule has 0 aliphatic heterocycles. The second-order valence-corrected chi connectivity index (χ2v) is 8.27. The zero-order valence-electron chi connectivity index (χ0n) is 20.2. The molecule has 174 valence electrons. The number of nitrogens with zero attached hydrogens (tertiary/aromatic N) is 1. The van der Waals surface area contributed by atoms with E-state index in [1.165, 1.54) is 0 Å². The lowest BCUT2D eigenvalue weighted by Crippen LogP contribution is -2.36. The van der Waals surface area contributed by atoms with Crippen molar-refractivity contribution in [1.82, 2.24) is 10.2 Å². The first-order chi connectivity index (χ1) is 14.7. The van der Waals surface area contributed by atoms with E-state index in [9.17, 15) is 4.79 Å². The summed E-state index contributed by atoms with van der Waals surface area (Å²) < 4.78 is 11.2. The van der Waals surface area contributed by atoms with Crippen LogP contribution in [0.3, 0.4) is 0 Å². The van der Waals surface area contributed by atoms with E-state index in [4.69, 9.17) is 15.2 Å². The summed E-state index contributed by atoms with van der Waals surface area (Å²) >= 11 is 0. The highest BCUT2D eigenvalue weighted by Crippen LogP contribution is 2.17. The van der Waals surface area contributed by atoms with Crippen LogP contribution in [0.25, 0.3) is 0 Å². The van der Waals surface area contributed by atoms with E-state index < -0.39 is 0 Å². The van der Waals surface area contributed by atoms with Crippen molar-refractivity contribution in [2.75, 3.05) is 20.3 Å². The normalized spacial score (nSPS) is 12.5. The zero-order valence-corrected chi connectivity index (χ0v) is 20.2. The number of hydrogen-bond donors (Lipinski definition) is 2. The van der Waals surface area contributed by atoms with Crippen molar-refractivity contribution in [3.63, 3.8) is 0 Å². The number of benzene rings is 1. The number of carbonyl (C=O) groups is 1. The molecule has 0 bridgehead atoms. The van der Waals surface area contributed by atoms with Crippen molar-refractivity contribution in [1.29, 1.82) is 0 Å². The Morgan fingerprint density at radius 2 is 1.84 bits per heavy atom. The van der Waals surface area contributed by atoms with Crippen molar-refractivity contribution < 1.29 is 14.3 Å². The number of allylic oxidation sites excluding steroid dienone is 2. The molecular weight excluding hydrogens is 390 g/mol. The lowest BCUT2D eigenvalue weighted by Gasteiger charge is -2.20. The summed E-state index contributed by atoms with van der Waals surface area (Å²) in [6, 6.07) is 7.85. The summed E-state index contributed by atoms with van der Waals surface area (Å²) in [6.45, 7) is 11.7. The van der Waals surface area contributed by atoms with Crippen LogP contribution in [0.4, 0.5) is 4.79 Å². The average molecular weight is 432 g/mol. The molecule has 0 unspecified atom stereocenters. The maximum Gasteiger partial charge on any atom is 0.321 e. The maximum atomic E-state index is 12.7. The molecule has 0 aliphatic rings. The van der Waals surface area contributed by atoms with Crippen molar-refractivity contribution >= 4 is 6.03 Å². The minimum atomic E-state index is -0.380. The Morgan fingerprint density at radius 1 is 1.16 bits per heavy atom. The number of rotatable bonds is 13. The molecule has 0 spiro atoms. The third-order valence-electron chi connectivity index (χ3n) is 4.93. The number of amides is 2. The van der Waals surface area contributed by atoms with Crippen molar-refractivity contribution in [3.05, 3.63) is 59.2 Å². The van der Waals surface area contributed by atoms with Gasteiger partial charge in [-0.05, 0) is 44.7 Å². The molecule has 0 heterocycles. The number of nitrogens with two attached hydrogens (primary N) is 1. The van der Waals surface area contributed by atoms with Gasteiger partial charge in [0, 0.05) is 30.9 Å². The molecule has 0 radical (unpaired) electrons. The van der Waals surface area contributed by atoms with Gasteiger partial charge in [-0.15, -0.1) is 0 Å². The highest BCUT2D eigenvalue weighted by molar-refractivity contribution is 5.75. The molecule has 2 amide bonds. The first-order valence-electron chi connectivity index (χ1n) is 11.2. The van der Waals surface area contributed by atoms with Gasteiger partial charge in [0.1, 0.15) is 5.76 Å². The molecule has 0 aromatic heterocycles. The van der Waals surface area contributed by atoms with Gasteiger partial charge in [-0.25, -0.2) is 4.79 Å². The van der Waals surface area contributed by atoms with E-state index in [0.29, 0.717) is 31.2 Å². The van der Waals surface area contributed by atoms with Crippen LogP contribution >= 0.6 is 0 Å². The molecule has 0 saturated carbocycles. The Kier molecular flexibility index (Phi) is 11.8. The predicted molar refractivity (Wildman–Crippen MR) is 127 cm³/mol. The Labute approximate surface area is 188 Å². The molecule has 1 aromatic rings. The molecule has 6 heteroatoms. The van der Waals surface area contributed by atoms with Crippen molar-refractivity contribution in [3.8, 4) is 0 Å². The van der Waals surface area contributed by atoms with E-state index in [1.54, 1.807) is 24.3 Å². The number of unbranched alkanes of at least 4 members (excludes halogenated alkanes) is 2. The van der Waals surface area contributed by atoms with E-state index in [0.717, 1.165) is 36.8 Å². The molecule has 1 rings (SSSR count). The monoisotopic (exact) mass is 431 g/mol. The van der Waals surface area contributed by atoms with Gasteiger partial charge in [0.25, 0.3) is 0 Å². The summed E-state index contributed by atoms with van der Waals surface area (Å²) in [6.07, 6.45) is 7.66. The fraction of sp³-hybridized carbons (Fsp3) is 0.560. The minimum Gasteiger partial charge on any atom is -0.498 e. The molecule has 0 atom stereocenters. The SMILES string of the molecule is CCCCCOC(/C=C/N(CCC)C(=O)NCc1ccc(C(C)(C)N)cc1)=C(/C)OC. The van der Waals surface area contributed by atoms with Gasteiger partial charge in [-0.3, -0.25) is 0 Å². The maximum absolute atomic E-state index is 12.7. The summed E-state index contributed by atoms with van der Waals surface area (Å²) in [5.41, 5.74) is 7.83. The van der Waals surface area contributed by atoms with Crippen LogP contribution in [-0.2, 0) is 21.6 Å². The molecule has 0 saturated heterocycles. The summed E-state index contributed by atoms with van der Waals surface area (Å²) in [5, 5.41) is 2.99. The van der Waals surface area contributed by atoms with Gasteiger partial charge in [0.15, 0.2) is 5.76 Å². The number of hydrogen-bond acceptors (Lipinski definition) is 4. The van der Waals surface area contributed by atoms with Crippen LogP contribution in [0.15, 0.2) is 48.1 Å². The topological polar surface area (TPSA) is 76.8 Å². The number of carbonyl (C=O) groups excluding carboxylic acids is 1. The van der Waals surface area contributed by atoms with Gasteiger partial charge in [0.05, 0.1) is 13.7 Å². The smallest absolute Gasteiger partial charge is 0.321 e. The Balaban J connectivity index is 2.76. The van der Waals surface area contributed by atoms with Crippen molar-refractivity contribution in [2.24, 2.45) is 5.73 Å². The highest BCUT2D eigenvalue weighted by Gasteiger charge is 2.14. The van der Waals surface area contributed by atoms with Crippen LogP contribution in [0.1, 0.15) is 71.4 Å². The van der Waals surface area contributed by atoms with Gasteiger partial charge in [-0.2, -0.15) is 0 Å². The fourth-order valence-corrected chi connectivity index (χ4v) is 2.88. The molecule has 6 nitrogen and oxygen atoms in total. The molecule has 3 N–H and O–H groups in total. The van der Waals surface area contributed by atoms with Crippen LogP contribution in [0.2, 0.25) is 0 Å². The Morgan fingerprint density at radius 3 is 2.39 bits per heavy atom. The number of nitrogens with one attached hydrogen (secondary N) is 1. The molecule has 31 heavy (non-hydrogen) atoms. The van der Waals surface area contributed by atoms with E-state index in [2.05, 4.69) is 12.2 Å². The van der Waals surface area contributed by atoms with Crippen LogP contribution in [0.5, 0.6) is 0 Å². The first-order valence-corrected chi connectivity index (χ1v) is 11.2. The van der Waals surface area contributed by atoms with Gasteiger partial charge in [0.2, 0.25) is 0 Å². The largest absolute Gasteiger partial charge is 0.498 e. The molecular formula is C25H41N3O3. The third-order valence-corrected chi connectivity index (χ3v) is 4.93. The average Bonchev–Trinajstić information content (AvgIpc) is 2.75. The summed E-state index contributed by atoms with van der Waals surface area (Å²) in [5.74, 6) is 1.33. The van der Waals surface area contributed by atoms with Crippen molar-refractivity contribution in [2.45, 2.75) is 72.4 Å². The Hall–Kier alpha value is -2.47. The minimum absolute atomic E-state index is 0.151. The second-order valence-electron chi connectivity index (χ2n) is 8.27. The number of methoxy groups -OCH3 is 1. The number of urea groups is 1. The summed E-state index contributed by atoms with van der Waals surface area (Å²) in [7, 11) is 1.62. The van der Waals surface area contributed by atoms with Gasteiger partial charge < -0.3 is 25.4 Å². The standard InChI is InChI=1S/C25H41N3O3/c1-7-9-10-18-31-23(20(3)30-6)15-17-28(16-8-2)24(29)27-19-21-11-13-22(14-12-21)25(4,5)26/h11-15,17H,7-10,16,18-19,26H2,1-6H3,(H,27,29)/b17-15+,23-20-. The van der Waals surface area contributed by atoms with E-state index >= 15 is 0 Å². The van der Waals surface area contributed by atoms with Gasteiger partial charge >= 0.3 is 6.03 Å². The summed E-state index contributed by atoms with van der Waals surface area (Å²) in [4.78, 5) is 14.4. The van der Waals surface area contributed by atoms with Crippen LogP contribution in [0, 0.1) is 0 Å². The third kappa shape index (κ3) is 9.92. The Bertz CT molecular complexity index is 719. The lowest BCUT2D eigenvalue weighted by atomic mass is 9.95.